The molecule has 0 saturated heterocycles. The molecule has 206 valence electrons. The Kier molecular flexibility index (Phi) is 22.0. The number of unbranched alkanes of at least 4 members (excludes halogenated alkanes) is 5. The van der Waals surface area contributed by atoms with Gasteiger partial charge in [-0.15, -0.1) is 0 Å². The minimum atomic E-state index is -0.489. The van der Waals surface area contributed by atoms with Crippen LogP contribution in [0, 0.1) is 11.8 Å². The average molecular weight is 524 g/mol. The molecule has 0 aromatic carbocycles. The van der Waals surface area contributed by atoms with Crippen LogP contribution in [0.15, 0.2) is 15.0 Å². The first-order valence-electron chi connectivity index (χ1n) is 12.6. The molecule has 0 rings (SSSR count). The Labute approximate surface area is 216 Å². The van der Waals surface area contributed by atoms with E-state index in [0.29, 0.717) is 6.42 Å². The average Bonchev–Trinajstić information content (AvgIpc) is 2.89. The van der Waals surface area contributed by atoms with E-state index in [9.17, 15) is 28.8 Å². The topological polar surface area (TPSA) is 167 Å². The van der Waals surface area contributed by atoms with Gasteiger partial charge in [-0.3, -0.25) is 14.4 Å². The van der Waals surface area contributed by atoms with E-state index < -0.39 is 17.9 Å². The third-order valence-electron chi connectivity index (χ3n) is 5.43. The predicted molar refractivity (Wildman–Crippen MR) is 131 cm³/mol. The number of isocyanates is 3. The zero-order chi connectivity index (χ0) is 27.6. The van der Waals surface area contributed by atoms with Gasteiger partial charge >= 0.3 is 17.9 Å². The number of carbonyl (C=O) groups excluding carboxylic acids is 6. The quantitative estimate of drug-likeness (QED) is 0.0643. The maximum atomic E-state index is 12.4. The van der Waals surface area contributed by atoms with Crippen molar-refractivity contribution < 1.29 is 43.0 Å². The summed E-state index contributed by atoms with van der Waals surface area (Å²) in [6, 6.07) is 0. The summed E-state index contributed by atoms with van der Waals surface area (Å²) in [5, 5.41) is 0. The first kappa shape index (κ1) is 33.5. The van der Waals surface area contributed by atoms with E-state index in [1.54, 1.807) is 0 Å². The lowest BCUT2D eigenvalue weighted by Gasteiger charge is -2.15. The predicted octanol–water partition coefficient (Wildman–Crippen LogP) is 2.78. The van der Waals surface area contributed by atoms with Gasteiger partial charge in [0, 0.05) is 6.42 Å². The van der Waals surface area contributed by atoms with Gasteiger partial charge in [-0.25, -0.2) is 29.4 Å². The van der Waals surface area contributed by atoms with Crippen LogP contribution in [0.1, 0.15) is 71.1 Å². The maximum absolute atomic E-state index is 12.4. The van der Waals surface area contributed by atoms with Gasteiger partial charge in [0.15, 0.2) is 0 Å². The second kappa shape index (κ2) is 24.3. The molecular formula is C25H37N3O9. The van der Waals surface area contributed by atoms with E-state index in [-0.39, 0.29) is 64.2 Å². The Morgan fingerprint density at radius 3 is 1.62 bits per heavy atom. The molecule has 0 aromatic heterocycles. The maximum Gasteiger partial charge on any atom is 0.309 e. The Balaban J connectivity index is 4.23. The lowest BCUT2D eigenvalue weighted by atomic mass is 9.95. The molecule has 0 aliphatic rings. The lowest BCUT2D eigenvalue weighted by Crippen LogP contribution is -2.21. The van der Waals surface area contributed by atoms with E-state index in [2.05, 4.69) is 15.0 Å². The molecule has 37 heavy (non-hydrogen) atoms. The molecule has 0 aliphatic heterocycles. The van der Waals surface area contributed by atoms with Crippen LogP contribution in [0.2, 0.25) is 0 Å². The number of rotatable bonds is 23. The van der Waals surface area contributed by atoms with E-state index in [4.69, 9.17) is 14.2 Å². The normalized spacial score (nSPS) is 11.6. The fourth-order valence-corrected chi connectivity index (χ4v) is 3.40. The molecule has 12 heteroatoms. The Bertz CT molecular complexity index is 814. The van der Waals surface area contributed by atoms with E-state index >= 15 is 0 Å². The summed E-state index contributed by atoms with van der Waals surface area (Å²) in [5.74, 6) is -1.93. The summed E-state index contributed by atoms with van der Waals surface area (Å²) in [6.45, 7) is 2.03. The van der Waals surface area contributed by atoms with Crippen molar-refractivity contribution in [3.63, 3.8) is 0 Å². The first-order chi connectivity index (χ1) is 18.0. The SMILES string of the molecule is CC(CCCCCCCCC(CCC(=O)OCCN=C=O)C(=O)OCCN=C=O)C(=O)OCCN=C=O. The zero-order valence-electron chi connectivity index (χ0n) is 21.5. The van der Waals surface area contributed by atoms with Crippen LogP contribution in [0.25, 0.3) is 0 Å². The number of hydrogen-bond acceptors (Lipinski definition) is 12. The highest BCUT2D eigenvalue weighted by Gasteiger charge is 2.21. The second-order valence-electron chi connectivity index (χ2n) is 8.31. The molecule has 12 nitrogen and oxygen atoms in total. The summed E-state index contributed by atoms with van der Waals surface area (Å²) in [5.41, 5.74) is 0. The minimum Gasteiger partial charge on any atom is -0.464 e. The van der Waals surface area contributed by atoms with Crippen LogP contribution in [-0.2, 0) is 43.0 Å². The van der Waals surface area contributed by atoms with Gasteiger partial charge in [-0.2, -0.15) is 0 Å². The van der Waals surface area contributed by atoms with Crippen molar-refractivity contribution in [2.75, 3.05) is 39.5 Å². The molecule has 0 radical (unpaired) electrons. The van der Waals surface area contributed by atoms with Gasteiger partial charge in [0.1, 0.15) is 19.8 Å². The molecule has 0 heterocycles. The second-order valence-corrected chi connectivity index (χ2v) is 8.31. The van der Waals surface area contributed by atoms with Crippen molar-refractivity contribution in [1.82, 2.24) is 0 Å². The van der Waals surface area contributed by atoms with Gasteiger partial charge in [-0.1, -0.05) is 45.4 Å². The van der Waals surface area contributed by atoms with E-state index in [0.717, 1.165) is 44.9 Å². The van der Waals surface area contributed by atoms with Gasteiger partial charge in [-0.05, 0) is 19.3 Å². The minimum absolute atomic E-state index is 0.0245. The van der Waals surface area contributed by atoms with E-state index in [1.807, 2.05) is 6.92 Å². The van der Waals surface area contributed by atoms with Gasteiger partial charge in [0.05, 0.1) is 31.5 Å². The van der Waals surface area contributed by atoms with Crippen molar-refractivity contribution in [3.8, 4) is 0 Å². The number of ether oxygens (including phenoxy) is 3. The van der Waals surface area contributed by atoms with Crippen molar-refractivity contribution in [2.24, 2.45) is 26.8 Å². The molecular weight excluding hydrogens is 486 g/mol. The Morgan fingerprint density at radius 2 is 1.08 bits per heavy atom. The molecule has 0 aromatic rings. The third kappa shape index (κ3) is 20.4. The molecule has 0 amide bonds. The van der Waals surface area contributed by atoms with Crippen molar-refractivity contribution in [3.05, 3.63) is 0 Å². The van der Waals surface area contributed by atoms with Gasteiger partial charge in [0.2, 0.25) is 18.2 Å². The lowest BCUT2D eigenvalue weighted by molar-refractivity contribution is -0.150. The van der Waals surface area contributed by atoms with Crippen LogP contribution < -0.4 is 0 Å². The van der Waals surface area contributed by atoms with Crippen LogP contribution >= 0.6 is 0 Å². The standard InChI is InChI=1S/C25H37N3O9/c1-21(24(33)36-16-13-27-19-30)8-6-4-2-3-5-7-9-22(25(34)37-17-14-28-20-31)10-11-23(32)35-15-12-26-18-29/h21-22H,2-17H2,1H3. The number of nitrogens with zero attached hydrogens (tertiary/aromatic N) is 3. The molecule has 2 unspecified atom stereocenters. The molecule has 0 spiro atoms. The van der Waals surface area contributed by atoms with Crippen molar-refractivity contribution in [1.29, 1.82) is 0 Å². The zero-order valence-corrected chi connectivity index (χ0v) is 21.5. The third-order valence-corrected chi connectivity index (χ3v) is 5.43. The van der Waals surface area contributed by atoms with Crippen LogP contribution in [0.4, 0.5) is 0 Å². The van der Waals surface area contributed by atoms with Crippen molar-refractivity contribution >= 4 is 36.1 Å². The fraction of sp³-hybridized carbons (Fsp3) is 0.760. The van der Waals surface area contributed by atoms with Crippen LogP contribution in [-0.4, -0.2) is 75.6 Å². The Hall–Kier alpha value is -3.45. The summed E-state index contributed by atoms with van der Waals surface area (Å²) in [6.07, 6.45) is 11.2. The van der Waals surface area contributed by atoms with E-state index in [1.165, 1.54) is 18.2 Å². The number of carbonyl (C=O) groups is 3. The summed E-state index contributed by atoms with van der Waals surface area (Å²) < 4.78 is 15.2. The molecule has 0 N–H and O–H groups in total. The van der Waals surface area contributed by atoms with Crippen LogP contribution in [0.5, 0.6) is 0 Å². The van der Waals surface area contributed by atoms with Crippen LogP contribution in [0.3, 0.4) is 0 Å². The number of hydrogen-bond donors (Lipinski definition) is 0. The molecule has 0 bridgehead atoms. The van der Waals surface area contributed by atoms with Gasteiger partial charge < -0.3 is 14.2 Å². The highest BCUT2D eigenvalue weighted by molar-refractivity contribution is 5.74. The molecule has 2 atom stereocenters. The molecule has 0 aliphatic carbocycles. The number of aliphatic imine (C=N–C) groups is 3. The molecule has 0 fully saturated rings. The van der Waals surface area contributed by atoms with Crippen molar-refractivity contribution in [2.45, 2.75) is 71.1 Å². The van der Waals surface area contributed by atoms with Gasteiger partial charge in [0.25, 0.3) is 0 Å². The highest BCUT2D eigenvalue weighted by Crippen LogP contribution is 2.20. The first-order valence-corrected chi connectivity index (χ1v) is 12.6. The smallest absolute Gasteiger partial charge is 0.309 e. The summed E-state index contributed by atoms with van der Waals surface area (Å²) in [7, 11) is 0. The number of esters is 3. The highest BCUT2D eigenvalue weighted by atomic mass is 16.5. The Morgan fingerprint density at radius 1 is 0.622 bits per heavy atom. The molecule has 0 saturated carbocycles. The fourth-order valence-electron chi connectivity index (χ4n) is 3.40. The largest absolute Gasteiger partial charge is 0.464 e. The monoisotopic (exact) mass is 523 g/mol. The summed E-state index contributed by atoms with van der Waals surface area (Å²) in [4.78, 5) is 76.2. The summed E-state index contributed by atoms with van der Waals surface area (Å²) >= 11 is 0.